The maximum Gasteiger partial charge on any atom is 0.416 e. The summed E-state index contributed by atoms with van der Waals surface area (Å²) in [6.45, 7) is 0. The predicted octanol–water partition coefficient (Wildman–Crippen LogP) is 3.99. The molecule has 0 aliphatic carbocycles. The Kier molecular flexibility index (Phi) is 3.52. The van der Waals surface area contributed by atoms with Gasteiger partial charge in [0.25, 0.3) is 5.91 Å². The van der Waals surface area contributed by atoms with Crippen molar-refractivity contribution in [2.75, 3.05) is 10.2 Å². The zero-order valence-electron chi connectivity index (χ0n) is 11.1. The van der Waals surface area contributed by atoms with Crippen molar-refractivity contribution in [3.8, 4) is 0 Å². The molecule has 3 rings (SSSR count). The number of halogens is 3. The number of rotatable bonds is 1. The molecule has 1 aliphatic rings. The van der Waals surface area contributed by atoms with Crippen LogP contribution < -0.4 is 10.2 Å². The van der Waals surface area contributed by atoms with Crippen molar-refractivity contribution in [1.82, 2.24) is 0 Å². The average molecular weight is 324 g/mol. The lowest BCUT2D eigenvalue weighted by molar-refractivity contribution is -0.137. The van der Waals surface area contributed by atoms with Gasteiger partial charge in [-0.2, -0.15) is 13.2 Å². The van der Waals surface area contributed by atoms with Crippen molar-refractivity contribution in [3.63, 3.8) is 0 Å². The average Bonchev–Trinajstić information content (AvgIpc) is 2.47. The Balaban J connectivity index is 2.03. The summed E-state index contributed by atoms with van der Waals surface area (Å²) < 4.78 is 38.3. The van der Waals surface area contributed by atoms with Crippen molar-refractivity contribution >= 4 is 29.9 Å². The van der Waals surface area contributed by atoms with E-state index in [2.05, 4.69) is 17.9 Å². The van der Waals surface area contributed by atoms with Crippen LogP contribution in [-0.4, -0.2) is 11.4 Å². The second kappa shape index (κ2) is 5.24. The summed E-state index contributed by atoms with van der Waals surface area (Å²) in [7, 11) is 0. The lowest BCUT2D eigenvalue weighted by Gasteiger charge is -2.35. The van der Waals surface area contributed by atoms with Gasteiger partial charge in [-0.1, -0.05) is 18.2 Å². The van der Waals surface area contributed by atoms with Gasteiger partial charge in [0.2, 0.25) is 0 Å². The molecule has 0 spiro atoms. The number of carbonyl (C=O) groups is 1. The quantitative estimate of drug-likeness (QED) is 0.778. The summed E-state index contributed by atoms with van der Waals surface area (Å²) in [5.41, 5.74) is -0.620. The molecular weight excluding hydrogens is 313 g/mol. The smallest absolute Gasteiger partial charge is 0.356 e. The first-order valence-electron chi connectivity index (χ1n) is 6.42. The van der Waals surface area contributed by atoms with Gasteiger partial charge in [0.15, 0.2) is 5.50 Å². The molecular formula is C15H11F3N2OS. The van der Waals surface area contributed by atoms with Gasteiger partial charge in [-0.05, 0) is 30.3 Å². The lowest BCUT2D eigenvalue weighted by atomic mass is 10.1. The van der Waals surface area contributed by atoms with Crippen LogP contribution in [0, 0.1) is 0 Å². The van der Waals surface area contributed by atoms with Gasteiger partial charge in [-0.15, -0.1) is 12.6 Å². The van der Waals surface area contributed by atoms with E-state index in [4.69, 9.17) is 0 Å². The topological polar surface area (TPSA) is 32.3 Å². The van der Waals surface area contributed by atoms with E-state index >= 15 is 0 Å². The van der Waals surface area contributed by atoms with Crippen LogP contribution in [0.15, 0.2) is 48.5 Å². The molecule has 0 radical (unpaired) electrons. The molecule has 0 bridgehead atoms. The molecule has 2 aromatic rings. The minimum Gasteiger partial charge on any atom is -0.356 e. The van der Waals surface area contributed by atoms with Gasteiger partial charge in [0.05, 0.1) is 11.1 Å². The van der Waals surface area contributed by atoms with Gasteiger partial charge in [-0.25, -0.2) is 0 Å². The molecule has 3 nitrogen and oxygen atoms in total. The minimum absolute atomic E-state index is 0.131. The zero-order chi connectivity index (χ0) is 15.9. The molecule has 7 heteroatoms. The number of anilines is 2. The molecule has 1 amide bonds. The minimum atomic E-state index is -4.46. The zero-order valence-corrected chi connectivity index (χ0v) is 12.0. The summed E-state index contributed by atoms with van der Waals surface area (Å²) in [4.78, 5) is 13.9. The van der Waals surface area contributed by atoms with Crippen molar-refractivity contribution in [3.05, 3.63) is 59.7 Å². The summed E-state index contributed by atoms with van der Waals surface area (Å²) in [6.07, 6.45) is -4.46. The maximum absolute atomic E-state index is 12.8. The summed E-state index contributed by atoms with van der Waals surface area (Å²) in [5, 5.41) is 2.82. The first-order valence-corrected chi connectivity index (χ1v) is 6.94. The third kappa shape index (κ3) is 2.52. The highest BCUT2D eigenvalue weighted by atomic mass is 32.1. The number of alkyl halides is 3. The van der Waals surface area contributed by atoms with E-state index in [0.29, 0.717) is 5.69 Å². The van der Waals surface area contributed by atoms with Gasteiger partial charge >= 0.3 is 6.18 Å². The van der Waals surface area contributed by atoms with Gasteiger partial charge in [0.1, 0.15) is 0 Å². The van der Waals surface area contributed by atoms with Crippen LogP contribution in [0.25, 0.3) is 0 Å². The van der Waals surface area contributed by atoms with Gasteiger partial charge in [0, 0.05) is 11.4 Å². The third-order valence-electron chi connectivity index (χ3n) is 3.36. The van der Waals surface area contributed by atoms with Crippen molar-refractivity contribution in [2.45, 2.75) is 11.7 Å². The number of fused-ring (bicyclic) bond motifs is 1. The molecule has 0 fully saturated rings. The third-order valence-corrected chi connectivity index (χ3v) is 3.72. The highest BCUT2D eigenvalue weighted by Crippen LogP contribution is 2.36. The molecule has 0 aromatic heterocycles. The monoisotopic (exact) mass is 324 g/mol. The van der Waals surface area contributed by atoms with E-state index < -0.39 is 23.1 Å². The molecule has 114 valence electrons. The van der Waals surface area contributed by atoms with Gasteiger partial charge in [-0.3, -0.25) is 9.69 Å². The number of hydrogen-bond donors (Lipinski definition) is 2. The van der Waals surface area contributed by atoms with Crippen LogP contribution in [0.1, 0.15) is 15.9 Å². The van der Waals surface area contributed by atoms with E-state index in [1.54, 1.807) is 24.3 Å². The molecule has 1 N–H and O–H groups in total. The molecule has 1 heterocycles. The second-order valence-electron chi connectivity index (χ2n) is 4.79. The van der Waals surface area contributed by atoms with Gasteiger partial charge < -0.3 is 5.32 Å². The van der Waals surface area contributed by atoms with Crippen molar-refractivity contribution in [1.29, 1.82) is 0 Å². The molecule has 0 saturated heterocycles. The number of hydrogen-bond acceptors (Lipinski definition) is 3. The van der Waals surface area contributed by atoms with Crippen LogP contribution in [-0.2, 0) is 6.18 Å². The van der Waals surface area contributed by atoms with Crippen LogP contribution in [0.3, 0.4) is 0 Å². The number of para-hydroxylation sites is 1. The number of benzene rings is 2. The molecule has 22 heavy (non-hydrogen) atoms. The Hall–Kier alpha value is -2.15. The summed E-state index contributed by atoms with van der Waals surface area (Å²) in [6, 6.07) is 11.8. The Morgan fingerprint density at radius 3 is 2.41 bits per heavy atom. The lowest BCUT2D eigenvalue weighted by Crippen LogP contribution is -2.46. The predicted molar refractivity (Wildman–Crippen MR) is 81.1 cm³/mol. The van der Waals surface area contributed by atoms with Crippen LogP contribution in [0.5, 0.6) is 0 Å². The van der Waals surface area contributed by atoms with Crippen molar-refractivity contribution in [2.24, 2.45) is 0 Å². The van der Waals surface area contributed by atoms with E-state index in [1.807, 2.05) is 6.07 Å². The number of thiol groups is 1. The van der Waals surface area contributed by atoms with E-state index in [1.165, 1.54) is 11.0 Å². The molecule has 1 atom stereocenters. The molecule has 2 aromatic carbocycles. The second-order valence-corrected chi connectivity index (χ2v) is 5.28. The Morgan fingerprint density at radius 1 is 1.09 bits per heavy atom. The Labute approximate surface area is 130 Å². The number of nitrogens with zero attached hydrogens (tertiary/aromatic N) is 1. The summed E-state index contributed by atoms with van der Waals surface area (Å²) in [5.74, 6) is -0.395. The Morgan fingerprint density at radius 2 is 1.77 bits per heavy atom. The van der Waals surface area contributed by atoms with Crippen LogP contribution >= 0.6 is 12.6 Å². The highest BCUT2D eigenvalue weighted by Gasteiger charge is 2.35. The maximum atomic E-state index is 12.8. The normalized spacial score (nSPS) is 17.9. The largest absolute Gasteiger partial charge is 0.416 e. The summed E-state index contributed by atoms with van der Waals surface area (Å²) >= 11 is 4.27. The van der Waals surface area contributed by atoms with E-state index in [9.17, 15) is 18.0 Å². The molecule has 1 aliphatic heterocycles. The first-order chi connectivity index (χ1) is 10.4. The number of amides is 1. The fourth-order valence-corrected chi connectivity index (χ4v) is 2.70. The number of nitrogens with one attached hydrogen (secondary N) is 1. The van der Waals surface area contributed by atoms with Crippen molar-refractivity contribution < 1.29 is 18.0 Å². The van der Waals surface area contributed by atoms with E-state index in [-0.39, 0.29) is 11.3 Å². The van der Waals surface area contributed by atoms with E-state index in [0.717, 1.165) is 12.1 Å². The molecule has 1 unspecified atom stereocenters. The highest BCUT2D eigenvalue weighted by molar-refractivity contribution is 7.81. The fourth-order valence-electron chi connectivity index (χ4n) is 2.32. The Bertz CT molecular complexity index is 718. The first kappa shape index (κ1) is 14.8. The fraction of sp³-hybridized carbons (Fsp3) is 0.133. The molecule has 0 saturated carbocycles. The number of carbonyl (C=O) groups excluding carboxylic acids is 1. The SMILES string of the molecule is O=C1c2ccc(C(F)(F)F)cc2NC(S)N1c1ccccc1. The van der Waals surface area contributed by atoms with Crippen LogP contribution in [0.2, 0.25) is 0 Å². The standard InChI is InChI=1S/C15H11F3N2OS/c16-15(17,18)9-6-7-11-12(8-9)19-14(22)20(13(11)21)10-4-2-1-3-5-10/h1-8,14,19,22H. The van der Waals surface area contributed by atoms with Crippen LogP contribution in [0.4, 0.5) is 24.5 Å².